The summed E-state index contributed by atoms with van der Waals surface area (Å²) < 4.78 is 5.11. The molecule has 0 atom stereocenters. The predicted molar refractivity (Wildman–Crippen MR) is 77.7 cm³/mol. The van der Waals surface area contributed by atoms with Gasteiger partial charge in [-0.25, -0.2) is 4.79 Å². The highest BCUT2D eigenvalue weighted by atomic mass is 16.6. The summed E-state index contributed by atoms with van der Waals surface area (Å²) in [7, 11) is 5.55. The van der Waals surface area contributed by atoms with Gasteiger partial charge in [0, 0.05) is 13.2 Å². The van der Waals surface area contributed by atoms with E-state index in [1.54, 1.807) is 19.1 Å². The lowest BCUT2D eigenvalue weighted by Gasteiger charge is -2.19. The van der Waals surface area contributed by atoms with Gasteiger partial charge in [0.2, 0.25) is 0 Å². The van der Waals surface area contributed by atoms with Crippen molar-refractivity contribution in [3.63, 3.8) is 0 Å². The van der Waals surface area contributed by atoms with E-state index >= 15 is 0 Å². The number of nitrogens with one attached hydrogen (secondary N) is 1. The molecule has 0 aromatic heterocycles. The molecule has 104 valence electrons. The second-order valence-electron chi connectivity index (χ2n) is 4.91. The number of rotatable bonds is 2. The molecule has 2 N–H and O–H groups in total. The van der Waals surface area contributed by atoms with Crippen molar-refractivity contribution in [3.8, 4) is 0 Å². The van der Waals surface area contributed by atoms with Crippen LogP contribution in [0.4, 0.5) is 4.79 Å². The van der Waals surface area contributed by atoms with Crippen molar-refractivity contribution in [1.82, 2.24) is 5.32 Å². The first-order valence-electron chi connectivity index (χ1n) is 6.20. The molecule has 0 saturated heterocycles. The van der Waals surface area contributed by atoms with Crippen LogP contribution in [0.2, 0.25) is 0 Å². The maximum atomic E-state index is 11.3. The summed E-state index contributed by atoms with van der Waals surface area (Å²) in [6, 6.07) is 7.33. The molecule has 0 spiro atoms. The lowest BCUT2D eigenvalue weighted by atomic mass is 9.95. The zero-order valence-corrected chi connectivity index (χ0v) is 12.1. The highest BCUT2D eigenvalue weighted by Gasteiger charge is 2.15. The number of hydrogen-bond donors (Lipinski definition) is 2. The molecule has 0 unspecified atom stereocenters. The first kappa shape index (κ1) is 17.5. The number of carbonyl (C=O) groups is 1. The van der Waals surface area contributed by atoms with Crippen LogP contribution in [0.15, 0.2) is 24.3 Å². The zero-order chi connectivity index (χ0) is 14.9. The van der Waals surface area contributed by atoms with E-state index in [1.165, 1.54) is 0 Å². The standard InChI is InChI=1S/C12H16BNO2.C2H6O/c1-12(2,3)16-11(15)14-8-9-4-6-10(13)7-5-9;1-2-3/h4-7H,8H2,1-3H3,(H,14,15);3H,2H2,1H3. The third-order valence-electron chi connectivity index (χ3n) is 1.82. The molecular weight excluding hydrogens is 241 g/mol. The van der Waals surface area contributed by atoms with Gasteiger partial charge in [0.1, 0.15) is 13.4 Å². The number of alkyl carbamates (subject to hydrolysis) is 1. The Kier molecular flexibility index (Phi) is 7.92. The van der Waals surface area contributed by atoms with Gasteiger partial charge in [-0.05, 0) is 33.3 Å². The summed E-state index contributed by atoms with van der Waals surface area (Å²) in [5, 5.41) is 10.2. The average Bonchev–Trinajstić information content (AvgIpc) is 2.27. The topological polar surface area (TPSA) is 58.6 Å². The minimum atomic E-state index is -0.467. The quantitative estimate of drug-likeness (QED) is 0.795. The molecule has 0 aliphatic rings. The van der Waals surface area contributed by atoms with Crippen LogP contribution in [0, 0.1) is 0 Å². The molecule has 1 aromatic carbocycles. The van der Waals surface area contributed by atoms with Gasteiger partial charge in [0.25, 0.3) is 0 Å². The third-order valence-corrected chi connectivity index (χ3v) is 1.82. The molecule has 0 saturated carbocycles. The highest BCUT2D eigenvalue weighted by molar-refractivity contribution is 6.32. The minimum Gasteiger partial charge on any atom is -0.444 e. The Balaban J connectivity index is 0.000000982. The van der Waals surface area contributed by atoms with Crippen LogP contribution >= 0.6 is 0 Å². The van der Waals surface area contributed by atoms with Gasteiger partial charge in [0.05, 0.1) is 0 Å². The lowest BCUT2D eigenvalue weighted by Crippen LogP contribution is -2.32. The molecule has 0 aliphatic heterocycles. The number of aliphatic hydroxyl groups excluding tert-OH is 1. The molecular formula is C14H22BNO3. The fourth-order valence-corrected chi connectivity index (χ4v) is 1.12. The summed E-state index contributed by atoms with van der Waals surface area (Å²) in [4.78, 5) is 11.3. The van der Waals surface area contributed by atoms with Crippen LogP contribution in [0.3, 0.4) is 0 Å². The Bertz CT molecular complexity index is 371. The molecule has 1 amide bonds. The van der Waals surface area contributed by atoms with E-state index in [4.69, 9.17) is 17.7 Å². The van der Waals surface area contributed by atoms with E-state index in [1.807, 2.05) is 32.9 Å². The largest absolute Gasteiger partial charge is 0.444 e. The fourth-order valence-electron chi connectivity index (χ4n) is 1.12. The number of benzene rings is 1. The first-order chi connectivity index (χ1) is 8.78. The number of hydrogen-bond acceptors (Lipinski definition) is 3. The summed E-state index contributed by atoms with van der Waals surface area (Å²) in [6.07, 6.45) is -0.413. The van der Waals surface area contributed by atoms with Crippen LogP contribution in [0.1, 0.15) is 33.3 Å². The second kappa shape index (κ2) is 8.59. The molecule has 19 heavy (non-hydrogen) atoms. The molecule has 4 nitrogen and oxygen atoms in total. The van der Waals surface area contributed by atoms with E-state index in [2.05, 4.69) is 5.32 Å². The van der Waals surface area contributed by atoms with E-state index in [-0.39, 0.29) is 6.61 Å². The van der Waals surface area contributed by atoms with Gasteiger partial charge in [-0.3, -0.25) is 0 Å². The normalized spacial score (nSPS) is 10.2. The van der Waals surface area contributed by atoms with E-state index < -0.39 is 11.7 Å². The molecule has 2 radical (unpaired) electrons. The Morgan fingerprint density at radius 3 is 2.21 bits per heavy atom. The molecule has 5 heteroatoms. The van der Waals surface area contributed by atoms with Crippen molar-refractivity contribution in [3.05, 3.63) is 29.8 Å². The number of ether oxygens (including phenoxy) is 1. The highest BCUT2D eigenvalue weighted by Crippen LogP contribution is 2.06. The number of amides is 1. The number of aliphatic hydroxyl groups is 1. The van der Waals surface area contributed by atoms with Crippen LogP contribution in [0.5, 0.6) is 0 Å². The Morgan fingerprint density at radius 2 is 1.79 bits per heavy atom. The van der Waals surface area contributed by atoms with E-state index in [0.29, 0.717) is 12.0 Å². The average molecular weight is 263 g/mol. The molecule has 1 aromatic rings. The summed E-state index contributed by atoms with van der Waals surface area (Å²) >= 11 is 0. The van der Waals surface area contributed by atoms with Crippen molar-refractivity contribution in [2.45, 2.75) is 39.8 Å². The first-order valence-corrected chi connectivity index (χ1v) is 6.20. The maximum Gasteiger partial charge on any atom is 0.407 e. The van der Waals surface area contributed by atoms with Gasteiger partial charge < -0.3 is 15.2 Å². The van der Waals surface area contributed by atoms with Gasteiger partial charge >= 0.3 is 6.09 Å². The summed E-state index contributed by atoms with van der Waals surface area (Å²) in [5.41, 5.74) is 1.23. The Labute approximate surface area is 116 Å². The van der Waals surface area contributed by atoms with Crippen molar-refractivity contribution < 1.29 is 14.6 Å². The molecule has 0 heterocycles. The van der Waals surface area contributed by atoms with Crippen molar-refractivity contribution in [2.24, 2.45) is 0 Å². The van der Waals surface area contributed by atoms with Crippen LogP contribution in [-0.4, -0.2) is 31.3 Å². The zero-order valence-electron chi connectivity index (χ0n) is 12.1. The third kappa shape index (κ3) is 10.1. The molecule has 1 rings (SSSR count). The molecule has 0 bridgehead atoms. The summed E-state index contributed by atoms with van der Waals surface area (Å²) in [5.74, 6) is 0. The van der Waals surface area contributed by atoms with Crippen molar-refractivity contribution in [1.29, 1.82) is 0 Å². The van der Waals surface area contributed by atoms with Crippen molar-refractivity contribution in [2.75, 3.05) is 6.61 Å². The van der Waals surface area contributed by atoms with Gasteiger partial charge in [-0.15, -0.1) is 0 Å². The number of carbonyl (C=O) groups excluding carboxylic acids is 1. The molecule has 0 fully saturated rings. The Hall–Kier alpha value is -1.49. The van der Waals surface area contributed by atoms with Gasteiger partial charge in [-0.2, -0.15) is 0 Å². The second-order valence-corrected chi connectivity index (χ2v) is 4.91. The van der Waals surface area contributed by atoms with E-state index in [0.717, 1.165) is 5.56 Å². The smallest absolute Gasteiger partial charge is 0.407 e. The lowest BCUT2D eigenvalue weighted by molar-refractivity contribution is 0.0523. The van der Waals surface area contributed by atoms with Crippen LogP contribution < -0.4 is 10.8 Å². The van der Waals surface area contributed by atoms with Crippen LogP contribution in [-0.2, 0) is 11.3 Å². The van der Waals surface area contributed by atoms with Gasteiger partial charge in [-0.1, -0.05) is 29.7 Å². The molecule has 0 aliphatic carbocycles. The van der Waals surface area contributed by atoms with Crippen molar-refractivity contribution >= 4 is 19.4 Å². The Morgan fingerprint density at radius 1 is 1.32 bits per heavy atom. The predicted octanol–water partition coefficient (Wildman–Crippen LogP) is 1.50. The van der Waals surface area contributed by atoms with Crippen LogP contribution in [0.25, 0.3) is 0 Å². The monoisotopic (exact) mass is 263 g/mol. The fraction of sp³-hybridized carbons (Fsp3) is 0.500. The summed E-state index contributed by atoms with van der Waals surface area (Å²) in [6.45, 7) is 7.86. The SMILES string of the molecule is CCO.[B]c1ccc(CNC(=O)OC(C)(C)C)cc1. The maximum absolute atomic E-state index is 11.3. The van der Waals surface area contributed by atoms with E-state index in [9.17, 15) is 4.79 Å². The van der Waals surface area contributed by atoms with Gasteiger partial charge in [0.15, 0.2) is 0 Å². The minimum absolute atomic E-state index is 0.250.